The fourth-order valence-corrected chi connectivity index (χ4v) is 5.45. The Morgan fingerprint density at radius 1 is 1.14 bits per heavy atom. The Kier molecular flexibility index (Phi) is 3.84. The molecule has 4 bridgehead atoms. The van der Waals surface area contributed by atoms with Gasteiger partial charge in [0.25, 0.3) is 0 Å². The van der Waals surface area contributed by atoms with Crippen molar-refractivity contribution in [2.45, 2.75) is 51.5 Å². The quantitative estimate of drug-likeness (QED) is 0.780. The van der Waals surface area contributed by atoms with E-state index in [2.05, 4.69) is 10.6 Å². The van der Waals surface area contributed by atoms with Crippen molar-refractivity contribution in [3.8, 4) is 0 Å². The van der Waals surface area contributed by atoms with Crippen molar-refractivity contribution in [3.05, 3.63) is 0 Å². The molecule has 4 saturated carbocycles. The molecule has 0 radical (unpaired) electrons. The van der Waals surface area contributed by atoms with Crippen LogP contribution in [0.4, 0.5) is 4.79 Å². The van der Waals surface area contributed by atoms with E-state index in [-0.39, 0.29) is 17.4 Å². The molecule has 4 fully saturated rings. The summed E-state index contributed by atoms with van der Waals surface area (Å²) in [6, 6.07) is -0.758. The molecule has 5 nitrogen and oxygen atoms in total. The highest BCUT2D eigenvalue weighted by atomic mass is 16.5. The van der Waals surface area contributed by atoms with Gasteiger partial charge in [-0.3, -0.25) is 0 Å². The number of urea groups is 1. The first kappa shape index (κ1) is 14.7. The van der Waals surface area contributed by atoms with Crippen LogP contribution in [0.3, 0.4) is 0 Å². The van der Waals surface area contributed by atoms with E-state index in [1.807, 2.05) is 6.92 Å². The van der Waals surface area contributed by atoms with Gasteiger partial charge in [0.1, 0.15) is 6.04 Å². The van der Waals surface area contributed by atoms with Crippen molar-refractivity contribution in [3.63, 3.8) is 0 Å². The van der Waals surface area contributed by atoms with Crippen LogP contribution in [0.5, 0.6) is 0 Å². The summed E-state index contributed by atoms with van der Waals surface area (Å²) in [5, 5.41) is 5.63. The molecule has 0 unspecified atom stereocenters. The van der Waals surface area contributed by atoms with Crippen molar-refractivity contribution >= 4 is 12.0 Å². The van der Waals surface area contributed by atoms with Crippen LogP contribution >= 0.6 is 0 Å². The molecule has 5 heteroatoms. The SMILES string of the molecule is CCNC(=O)N[C@@H](C(=O)OC)C12CC3CC(CC(C3)C1)C2. The van der Waals surface area contributed by atoms with Crippen LogP contribution in [0.2, 0.25) is 0 Å². The van der Waals surface area contributed by atoms with Crippen molar-refractivity contribution in [1.82, 2.24) is 10.6 Å². The molecular weight excluding hydrogens is 268 g/mol. The smallest absolute Gasteiger partial charge is 0.329 e. The summed E-state index contributed by atoms with van der Waals surface area (Å²) in [6.07, 6.45) is 7.12. The van der Waals surface area contributed by atoms with Crippen molar-refractivity contribution < 1.29 is 14.3 Å². The van der Waals surface area contributed by atoms with Gasteiger partial charge in [-0.25, -0.2) is 9.59 Å². The highest BCUT2D eigenvalue weighted by Gasteiger charge is 2.56. The van der Waals surface area contributed by atoms with Gasteiger partial charge in [-0.05, 0) is 63.2 Å². The third kappa shape index (κ3) is 2.62. The van der Waals surface area contributed by atoms with Gasteiger partial charge in [0.15, 0.2) is 0 Å². The zero-order chi connectivity index (χ0) is 15.0. The summed E-state index contributed by atoms with van der Waals surface area (Å²) < 4.78 is 5.00. The van der Waals surface area contributed by atoms with Gasteiger partial charge >= 0.3 is 12.0 Å². The van der Waals surface area contributed by atoms with Crippen LogP contribution in [-0.4, -0.2) is 31.7 Å². The lowest BCUT2D eigenvalue weighted by molar-refractivity contribution is -0.154. The summed E-state index contributed by atoms with van der Waals surface area (Å²) in [6.45, 7) is 2.43. The zero-order valence-corrected chi connectivity index (χ0v) is 13.0. The Balaban J connectivity index is 1.82. The highest BCUT2D eigenvalue weighted by Crippen LogP contribution is 2.61. The van der Waals surface area contributed by atoms with Crippen molar-refractivity contribution in [1.29, 1.82) is 0 Å². The molecule has 4 rings (SSSR count). The van der Waals surface area contributed by atoms with Crippen LogP contribution in [0.25, 0.3) is 0 Å². The predicted molar refractivity (Wildman–Crippen MR) is 78.6 cm³/mol. The Labute approximate surface area is 126 Å². The van der Waals surface area contributed by atoms with Gasteiger partial charge in [0, 0.05) is 12.0 Å². The molecule has 0 spiro atoms. The predicted octanol–water partition coefficient (Wildman–Crippen LogP) is 2.06. The fraction of sp³-hybridized carbons (Fsp3) is 0.875. The molecule has 0 aromatic carbocycles. The molecule has 0 aromatic heterocycles. The van der Waals surface area contributed by atoms with E-state index in [9.17, 15) is 9.59 Å². The van der Waals surface area contributed by atoms with Gasteiger partial charge in [0.05, 0.1) is 7.11 Å². The van der Waals surface area contributed by atoms with Crippen LogP contribution in [-0.2, 0) is 9.53 Å². The monoisotopic (exact) mass is 294 g/mol. The molecule has 0 aromatic rings. The Hall–Kier alpha value is -1.26. The van der Waals surface area contributed by atoms with Gasteiger partial charge in [0.2, 0.25) is 0 Å². The maximum absolute atomic E-state index is 12.3. The van der Waals surface area contributed by atoms with E-state index in [4.69, 9.17) is 4.74 Å². The number of ether oxygens (including phenoxy) is 1. The standard InChI is InChI=1S/C16H26N2O3/c1-3-17-15(20)18-13(14(19)21-2)16-7-10-4-11(8-16)6-12(5-10)9-16/h10-13H,3-9H2,1-2H3,(H2,17,18,20)/t10?,11?,12?,13-,16?/m0/s1. The second-order valence-electron chi connectivity index (χ2n) is 7.24. The average Bonchev–Trinajstić information content (AvgIpc) is 2.42. The first-order chi connectivity index (χ1) is 10.1. The van der Waals surface area contributed by atoms with Gasteiger partial charge < -0.3 is 15.4 Å². The van der Waals surface area contributed by atoms with E-state index >= 15 is 0 Å². The molecule has 2 N–H and O–H groups in total. The largest absolute Gasteiger partial charge is 0.467 e. The van der Waals surface area contributed by atoms with Crippen LogP contribution in [0.1, 0.15) is 45.4 Å². The van der Waals surface area contributed by atoms with Crippen LogP contribution < -0.4 is 10.6 Å². The van der Waals surface area contributed by atoms with Crippen molar-refractivity contribution in [2.24, 2.45) is 23.2 Å². The van der Waals surface area contributed by atoms with E-state index in [0.717, 1.165) is 37.0 Å². The lowest BCUT2D eigenvalue weighted by Gasteiger charge is -2.58. The van der Waals surface area contributed by atoms with Gasteiger partial charge in [-0.1, -0.05) is 0 Å². The number of nitrogens with one attached hydrogen (secondary N) is 2. The molecule has 0 saturated heterocycles. The number of carbonyl (C=O) groups is 2. The Morgan fingerprint density at radius 3 is 2.10 bits per heavy atom. The summed E-state index contributed by atoms with van der Waals surface area (Å²) in [7, 11) is 1.41. The maximum Gasteiger partial charge on any atom is 0.329 e. The zero-order valence-electron chi connectivity index (χ0n) is 13.0. The van der Waals surface area contributed by atoms with Crippen LogP contribution in [0.15, 0.2) is 0 Å². The Bertz CT molecular complexity index is 400. The molecule has 118 valence electrons. The third-order valence-corrected chi connectivity index (χ3v) is 5.75. The van der Waals surface area contributed by atoms with E-state index in [1.165, 1.54) is 26.4 Å². The topological polar surface area (TPSA) is 67.4 Å². The molecule has 0 aliphatic heterocycles. The minimum absolute atomic E-state index is 0.0765. The molecule has 1 atom stereocenters. The molecule has 4 aliphatic rings. The molecular formula is C16H26N2O3. The van der Waals surface area contributed by atoms with E-state index < -0.39 is 6.04 Å². The average molecular weight is 294 g/mol. The van der Waals surface area contributed by atoms with E-state index in [0.29, 0.717) is 6.54 Å². The second-order valence-corrected chi connectivity index (χ2v) is 7.24. The maximum atomic E-state index is 12.3. The van der Waals surface area contributed by atoms with Gasteiger partial charge in [-0.2, -0.15) is 0 Å². The number of methoxy groups -OCH3 is 1. The number of amides is 2. The van der Waals surface area contributed by atoms with Crippen molar-refractivity contribution in [2.75, 3.05) is 13.7 Å². The lowest BCUT2D eigenvalue weighted by atomic mass is 9.47. The summed E-state index contributed by atoms with van der Waals surface area (Å²) >= 11 is 0. The number of rotatable bonds is 4. The first-order valence-electron chi connectivity index (χ1n) is 8.18. The lowest BCUT2D eigenvalue weighted by Crippen LogP contribution is -2.61. The number of hydrogen-bond donors (Lipinski definition) is 2. The molecule has 2 amide bonds. The molecule has 4 aliphatic carbocycles. The van der Waals surface area contributed by atoms with E-state index in [1.54, 1.807) is 0 Å². The number of esters is 1. The summed E-state index contributed by atoms with van der Waals surface area (Å²) in [4.78, 5) is 24.2. The van der Waals surface area contributed by atoms with Gasteiger partial charge in [-0.15, -0.1) is 0 Å². The second kappa shape index (κ2) is 5.50. The normalized spacial score (nSPS) is 37.9. The number of hydrogen-bond acceptors (Lipinski definition) is 3. The van der Waals surface area contributed by atoms with Crippen LogP contribution in [0, 0.1) is 23.2 Å². The number of carbonyl (C=O) groups excluding carboxylic acids is 2. The summed E-state index contributed by atoms with van der Waals surface area (Å²) in [5.41, 5.74) is -0.0765. The third-order valence-electron chi connectivity index (χ3n) is 5.75. The molecule has 0 heterocycles. The Morgan fingerprint density at radius 2 is 1.67 bits per heavy atom. The summed E-state index contributed by atoms with van der Waals surface area (Å²) in [5.74, 6) is 1.92. The molecule has 21 heavy (non-hydrogen) atoms. The minimum atomic E-state index is -0.498. The minimum Gasteiger partial charge on any atom is -0.467 e. The fourth-order valence-electron chi connectivity index (χ4n) is 5.45. The first-order valence-corrected chi connectivity index (χ1v) is 8.18. The highest BCUT2D eigenvalue weighted by molar-refractivity contribution is 5.84.